The van der Waals surface area contributed by atoms with Gasteiger partial charge in [0.1, 0.15) is 6.17 Å². The second-order valence-corrected chi connectivity index (χ2v) is 7.54. The average molecular weight is 401 g/mol. The minimum Gasteiger partial charge on any atom is -0.369 e. The Balaban J connectivity index is 1.51. The van der Waals surface area contributed by atoms with Gasteiger partial charge in [0.25, 0.3) is 0 Å². The Morgan fingerprint density at radius 3 is 2.46 bits per heavy atom. The summed E-state index contributed by atoms with van der Waals surface area (Å²) >= 11 is 0. The fourth-order valence-corrected chi connectivity index (χ4v) is 3.85. The van der Waals surface area contributed by atoms with Crippen LogP contribution in [0.15, 0.2) is 24.3 Å². The largest absolute Gasteiger partial charge is 0.416 e. The summed E-state index contributed by atoms with van der Waals surface area (Å²) in [4.78, 5) is 18.3. The van der Waals surface area contributed by atoms with Crippen molar-refractivity contribution in [2.45, 2.75) is 38.0 Å². The number of halogens is 4. The lowest BCUT2D eigenvalue weighted by molar-refractivity contribution is -0.137. The van der Waals surface area contributed by atoms with E-state index in [4.69, 9.17) is 0 Å². The van der Waals surface area contributed by atoms with E-state index >= 15 is 0 Å². The third-order valence-corrected chi connectivity index (χ3v) is 5.55. The molecule has 2 aliphatic rings. The quantitative estimate of drug-likeness (QED) is 0.706. The summed E-state index contributed by atoms with van der Waals surface area (Å²) in [6.07, 6.45) is -2.79. The van der Waals surface area contributed by atoms with Gasteiger partial charge in [-0.2, -0.15) is 13.2 Å². The van der Waals surface area contributed by atoms with E-state index in [1.54, 1.807) is 11.0 Å². The molecule has 0 N–H and O–H groups in total. The van der Waals surface area contributed by atoms with Crippen LogP contribution in [0.25, 0.3) is 0 Å². The number of piperidine rings is 1. The van der Waals surface area contributed by atoms with Gasteiger partial charge in [-0.25, -0.2) is 4.39 Å². The summed E-state index contributed by atoms with van der Waals surface area (Å²) in [6.45, 7) is 4.43. The van der Waals surface area contributed by atoms with Gasteiger partial charge in [0.15, 0.2) is 0 Å². The van der Waals surface area contributed by atoms with Gasteiger partial charge in [0, 0.05) is 51.4 Å². The van der Waals surface area contributed by atoms with Crippen molar-refractivity contribution in [3.05, 3.63) is 29.8 Å². The van der Waals surface area contributed by atoms with E-state index in [1.807, 2.05) is 4.90 Å². The smallest absolute Gasteiger partial charge is 0.369 e. The van der Waals surface area contributed by atoms with Crippen LogP contribution in [0.1, 0.15) is 31.2 Å². The number of hydrogen-bond acceptors (Lipinski definition) is 3. The third kappa shape index (κ3) is 5.59. The minimum absolute atomic E-state index is 0.0388. The molecular weight excluding hydrogens is 374 g/mol. The topological polar surface area (TPSA) is 26.8 Å². The Labute approximate surface area is 163 Å². The van der Waals surface area contributed by atoms with E-state index in [-0.39, 0.29) is 5.91 Å². The molecule has 28 heavy (non-hydrogen) atoms. The van der Waals surface area contributed by atoms with Gasteiger partial charge in [-0.1, -0.05) is 6.07 Å². The summed E-state index contributed by atoms with van der Waals surface area (Å²) in [7, 11) is 0. The number of likely N-dealkylation sites (tertiary alicyclic amines) is 1. The van der Waals surface area contributed by atoms with Crippen LogP contribution in [0.4, 0.5) is 23.2 Å². The van der Waals surface area contributed by atoms with E-state index < -0.39 is 17.9 Å². The van der Waals surface area contributed by atoms with Crippen molar-refractivity contribution in [2.75, 3.05) is 50.7 Å². The maximum atomic E-state index is 13.2. The molecule has 0 atom stereocenters. The highest BCUT2D eigenvalue weighted by atomic mass is 19.4. The predicted octanol–water partition coefficient (Wildman–Crippen LogP) is 3.57. The fraction of sp³-hybridized carbons (Fsp3) is 0.650. The van der Waals surface area contributed by atoms with Gasteiger partial charge in [0.2, 0.25) is 5.91 Å². The second kappa shape index (κ2) is 9.11. The van der Waals surface area contributed by atoms with E-state index in [2.05, 4.69) is 4.90 Å². The Bertz CT molecular complexity index is 659. The third-order valence-electron chi connectivity index (χ3n) is 5.55. The van der Waals surface area contributed by atoms with Gasteiger partial charge in [-0.05, 0) is 44.0 Å². The van der Waals surface area contributed by atoms with E-state index in [0.717, 1.165) is 38.2 Å². The molecule has 2 aliphatic heterocycles. The number of nitrogens with zero attached hydrogens (tertiary/aromatic N) is 3. The maximum absolute atomic E-state index is 13.2. The van der Waals surface area contributed by atoms with Crippen LogP contribution in [0.3, 0.4) is 0 Å². The molecule has 1 aromatic rings. The predicted molar refractivity (Wildman–Crippen MR) is 100 cm³/mol. The normalized spacial score (nSPS) is 20.5. The van der Waals surface area contributed by atoms with Crippen molar-refractivity contribution in [2.24, 2.45) is 0 Å². The SMILES string of the molecule is O=C1CCN(c2cccc(C(F)(F)F)c2)CCN1CCCN1CCC(F)CC1. The highest BCUT2D eigenvalue weighted by molar-refractivity contribution is 5.77. The Morgan fingerprint density at radius 1 is 1.00 bits per heavy atom. The molecule has 0 saturated carbocycles. The molecule has 2 saturated heterocycles. The first-order valence-corrected chi connectivity index (χ1v) is 9.89. The number of rotatable bonds is 5. The Kier molecular flexibility index (Phi) is 6.80. The number of carbonyl (C=O) groups is 1. The van der Waals surface area contributed by atoms with Crippen LogP contribution in [-0.4, -0.2) is 67.7 Å². The molecule has 8 heteroatoms. The molecule has 156 valence electrons. The van der Waals surface area contributed by atoms with Gasteiger partial charge in [-0.15, -0.1) is 0 Å². The molecule has 0 unspecified atom stereocenters. The van der Waals surface area contributed by atoms with E-state index in [9.17, 15) is 22.4 Å². The summed E-state index contributed by atoms with van der Waals surface area (Å²) in [6, 6.07) is 5.27. The Morgan fingerprint density at radius 2 is 1.75 bits per heavy atom. The lowest BCUT2D eigenvalue weighted by atomic mass is 10.1. The molecule has 2 heterocycles. The maximum Gasteiger partial charge on any atom is 0.416 e. The molecule has 2 fully saturated rings. The first-order chi connectivity index (χ1) is 13.3. The molecule has 0 aromatic heterocycles. The van der Waals surface area contributed by atoms with Gasteiger partial charge in [-0.3, -0.25) is 4.79 Å². The zero-order chi connectivity index (χ0) is 20.1. The minimum atomic E-state index is -4.37. The lowest BCUT2D eigenvalue weighted by Gasteiger charge is -2.29. The second-order valence-electron chi connectivity index (χ2n) is 7.54. The number of hydrogen-bond donors (Lipinski definition) is 0. The fourth-order valence-electron chi connectivity index (χ4n) is 3.85. The zero-order valence-corrected chi connectivity index (χ0v) is 15.9. The van der Waals surface area contributed by atoms with Crippen molar-refractivity contribution >= 4 is 11.6 Å². The number of carbonyl (C=O) groups excluding carboxylic acids is 1. The molecule has 4 nitrogen and oxygen atoms in total. The van der Waals surface area contributed by atoms with Crippen molar-refractivity contribution in [1.29, 1.82) is 0 Å². The van der Waals surface area contributed by atoms with Crippen molar-refractivity contribution in [3.8, 4) is 0 Å². The molecule has 0 bridgehead atoms. The number of benzene rings is 1. The van der Waals surface area contributed by atoms with Gasteiger partial charge < -0.3 is 14.7 Å². The molecule has 1 amide bonds. The van der Waals surface area contributed by atoms with E-state index in [1.165, 1.54) is 6.07 Å². The van der Waals surface area contributed by atoms with Crippen LogP contribution in [-0.2, 0) is 11.0 Å². The van der Waals surface area contributed by atoms with Gasteiger partial charge >= 0.3 is 6.18 Å². The van der Waals surface area contributed by atoms with Crippen LogP contribution in [0.2, 0.25) is 0 Å². The van der Waals surface area contributed by atoms with Crippen molar-refractivity contribution in [1.82, 2.24) is 9.80 Å². The molecule has 0 aliphatic carbocycles. The van der Waals surface area contributed by atoms with Crippen LogP contribution in [0.5, 0.6) is 0 Å². The van der Waals surface area contributed by atoms with Crippen LogP contribution in [0, 0.1) is 0 Å². The van der Waals surface area contributed by atoms with Gasteiger partial charge in [0.05, 0.1) is 5.56 Å². The van der Waals surface area contributed by atoms with E-state index in [0.29, 0.717) is 51.1 Å². The Hall–Kier alpha value is -1.83. The van der Waals surface area contributed by atoms with Crippen molar-refractivity contribution in [3.63, 3.8) is 0 Å². The number of anilines is 1. The summed E-state index contributed by atoms with van der Waals surface area (Å²) in [5.41, 5.74) is -0.173. The van der Waals surface area contributed by atoms with Crippen LogP contribution < -0.4 is 4.90 Å². The number of amides is 1. The molecule has 0 spiro atoms. The molecular formula is C20H27F4N3O. The van der Waals surface area contributed by atoms with Crippen molar-refractivity contribution < 1.29 is 22.4 Å². The molecule has 0 radical (unpaired) electrons. The summed E-state index contributed by atoms with van der Waals surface area (Å²) < 4.78 is 52.0. The summed E-state index contributed by atoms with van der Waals surface area (Å²) in [5.74, 6) is 0.0388. The lowest BCUT2D eigenvalue weighted by Crippen LogP contribution is -2.38. The molecule has 1 aromatic carbocycles. The first kappa shape index (κ1) is 20.9. The standard InChI is InChI=1S/C20H27F4N3O/c21-17-5-10-25(11-6-17)8-2-9-27-14-13-26(12-7-19(27)28)18-4-1-3-16(15-18)20(22,23)24/h1,3-4,15,17H,2,5-14H2. The number of alkyl halides is 4. The zero-order valence-electron chi connectivity index (χ0n) is 15.9. The summed E-state index contributed by atoms with van der Waals surface area (Å²) in [5, 5.41) is 0. The highest BCUT2D eigenvalue weighted by Crippen LogP contribution is 2.32. The van der Waals surface area contributed by atoms with Crippen LogP contribution >= 0.6 is 0 Å². The first-order valence-electron chi connectivity index (χ1n) is 9.89. The highest BCUT2D eigenvalue weighted by Gasteiger charge is 2.31. The average Bonchev–Trinajstić information content (AvgIpc) is 2.85. The monoisotopic (exact) mass is 401 g/mol. The molecule has 3 rings (SSSR count).